The zero-order valence-electron chi connectivity index (χ0n) is 18.3. The monoisotopic (exact) mass is 424 g/mol. The van der Waals surface area contributed by atoms with E-state index in [1.165, 1.54) is 42.0 Å². The van der Waals surface area contributed by atoms with Crippen molar-refractivity contribution in [1.29, 1.82) is 0 Å². The fourth-order valence-electron chi connectivity index (χ4n) is 3.54. The molecule has 7 heteroatoms. The van der Waals surface area contributed by atoms with Gasteiger partial charge in [0, 0.05) is 50.9 Å². The highest BCUT2D eigenvalue weighted by molar-refractivity contribution is 5.67. The number of carbonyl (C=O) groups is 1. The molecule has 0 saturated heterocycles. The van der Waals surface area contributed by atoms with Gasteiger partial charge < -0.3 is 10.0 Å². The first-order chi connectivity index (χ1) is 14.9. The van der Waals surface area contributed by atoms with Crippen LogP contribution < -0.4 is 0 Å². The summed E-state index contributed by atoms with van der Waals surface area (Å²) in [6.45, 7) is -0.222. The zero-order chi connectivity index (χ0) is 22.4. The Kier molecular flexibility index (Phi) is 7.52. The summed E-state index contributed by atoms with van der Waals surface area (Å²) in [7, 11) is 5.35. The molecule has 4 rings (SSSR count). The number of aryl methyl sites for hydroxylation is 1. The van der Waals surface area contributed by atoms with E-state index < -0.39 is 0 Å². The molecule has 0 spiro atoms. The van der Waals surface area contributed by atoms with Gasteiger partial charge in [-0.15, -0.1) is 0 Å². The summed E-state index contributed by atoms with van der Waals surface area (Å²) in [5.74, 6) is 0.244. The van der Waals surface area contributed by atoms with Crippen molar-refractivity contribution in [2.75, 3.05) is 14.1 Å². The molecule has 2 aromatic heterocycles. The molecule has 1 aliphatic rings. The summed E-state index contributed by atoms with van der Waals surface area (Å²) < 4.78 is 15.5. The molecule has 1 amide bonds. The molecule has 31 heavy (non-hydrogen) atoms. The summed E-state index contributed by atoms with van der Waals surface area (Å²) in [5.41, 5.74) is 5.45. The third-order valence-corrected chi connectivity index (χ3v) is 5.49. The van der Waals surface area contributed by atoms with E-state index in [1.54, 1.807) is 26.4 Å². The minimum Gasteiger partial charge on any atom is -0.392 e. The number of hydrogen-bond donors (Lipinski definition) is 1. The summed E-state index contributed by atoms with van der Waals surface area (Å²) in [6, 6.07) is 10.6. The molecule has 1 aromatic carbocycles. The van der Waals surface area contributed by atoms with E-state index in [1.807, 2.05) is 23.9 Å². The second-order valence-corrected chi connectivity index (χ2v) is 8.03. The largest absolute Gasteiger partial charge is 0.392 e. The molecule has 1 N–H and O–H groups in total. The number of carbonyl (C=O) groups excluding carboxylic acids is 1. The SMILES string of the molecule is CN(C)C=O.Cn1nc(C2CCC2)cc1Cc1cccnc1-c1ccc(F)cc1CO. The van der Waals surface area contributed by atoms with Crippen LogP contribution in [0.5, 0.6) is 0 Å². The van der Waals surface area contributed by atoms with Crippen molar-refractivity contribution >= 4 is 6.41 Å². The van der Waals surface area contributed by atoms with Gasteiger partial charge in [0.25, 0.3) is 0 Å². The van der Waals surface area contributed by atoms with Gasteiger partial charge in [-0.3, -0.25) is 14.5 Å². The molecule has 6 nitrogen and oxygen atoms in total. The van der Waals surface area contributed by atoms with Crippen LogP contribution in [0.15, 0.2) is 42.6 Å². The summed E-state index contributed by atoms with van der Waals surface area (Å²) in [4.78, 5) is 15.4. The summed E-state index contributed by atoms with van der Waals surface area (Å²) in [6.07, 6.45) is 6.92. The molecule has 1 fully saturated rings. The lowest BCUT2D eigenvalue weighted by Crippen LogP contribution is -2.09. The maximum absolute atomic E-state index is 13.5. The number of nitrogens with zero attached hydrogens (tertiary/aromatic N) is 4. The minimum atomic E-state index is -0.355. The highest BCUT2D eigenvalue weighted by Crippen LogP contribution is 2.36. The normalized spacial score (nSPS) is 13.2. The number of amides is 1. The molecule has 0 unspecified atom stereocenters. The number of rotatable bonds is 6. The van der Waals surface area contributed by atoms with Gasteiger partial charge in [0.05, 0.1) is 18.0 Å². The predicted octanol–water partition coefficient (Wildman–Crippen LogP) is 3.68. The van der Waals surface area contributed by atoms with Gasteiger partial charge in [0.2, 0.25) is 6.41 Å². The molecule has 1 aliphatic carbocycles. The van der Waals surface area contributed by atoms with Gasteiger partial charge in [0.15, 0.2) is 0 Å². The van der Waals surface area contributed by atoms with E-state index in [0.29, 0.717) is 17.9 Å². The molecule has 2 heterocycles. The van der Waals surface area contributed by atoms with Crippen LogP contribution in [0.2, 0.25) is 0 Å². The Balaban J connectivity index is 0.000000491. The lowest BCUT2D eigenvalue weighted by molar-refractivity contribution is -0.115. The predicted molar refractivity (Wildman–Crippen MR) is 118 cm³/mol. The van der Waals surface area contributed by atoms with E-state index in [-0.39, 0.29) is 12.4 Å². The number of aliphatic hydroxyl groups excluding tert-OH is 1. The second kappa shape index (κ2) is 10.3. The fraction of sp³-hybridized carbons (Fsp3) is 0.375. The number of pyridine rings is 1. The number of aliphatic hydroxyl groups is 1. The van der Waals surface area contributed by atoms with Crippen LogP contribution in [-0.2, 0) is 24.9 Å². The van der Waals surface area contributed by atoms with Crippen molar-refractivity contribution < 1.29 is 14.3 Å². The first kappa shape index (κ1) is 22.6. The van der Waals surface area contributed by atoms with Crippen LogP contribution in [0.1, 0.15) is 47.7 Å². The Labute approximate surface area is 182 Å². The van der Waals surface area contributed by atoms with Gasteiger partial charge in [-0.25, -0.2) is 4.39 Å². The van der Waals surface area contributed by atoms with Crippen molar-refractivity contribution in [2.45, 2.75) is 38.2 Å². The lowest BCUT2D eigenvalue weighted by atomic mass is 9.83. The smallest absolute Gasteiger partial charge is 0.209 e. The van der Waals surface area contributed by atoms with Crippen LogP contribution >= 0.6 is 0 Å². The maximum Gasteiger partial charge on any atom is 0.209 e. The third kappa shape index (κ3) is 5.55. The Morgan fingerprint density at radius 1 is 1.23 bits per heavy atom. The van der Waals surface area contributed by atoms with E-state index in [9.17, 15) is 14.3 Å². The van der Waals surface area contributed by atoms with E-state index in [4.69, 9.17) is 0 Å². The molecule has 0 atom stereocenters. The molecule has 164 valence electrons. The summed E-state index contributed by atoms with van der Waals surface area (Å²) in [5, 5.41) is 14.3. The molecule has 0 bridgehead atoms. The van der Waals surface area contributed by atoms with Gasteiger partial charge in [-0.1, -0.05) is 12.5 Å². The number of aromatic nitrogens is 3. The number of halogens is 1. The van der Waals surface area contributed by atoms with Gasteiger partial charge in [-0.05, 0) is 54.3 Å². The number of hydrogen-bond acceptors (Lipinski definition) is 4. The van der Waals surface area contributed by atoms with E-state index in [2.05, 4.69) is 16.1 Å². The van der Waals surface area contributed by atoms with Crippen molar-refractivity contribution in [3.8, 4) is 11.3 Å². The maximum atomic E-state index is 13.5. The highest BCUT2D eigenvalue weighted by atomic mass is 19.1. The van der Waals surface area contributed by atoms with Crippen molar-refractivity contribution in [1.82, 2.24) is 19.7 Å². The summed E-state index contributed by atoms with van der Waals surface area (Å²) >= 11 is 0. The molecule has 0 radical (unpaired) electrons. The zero-order valence-corrected chi connectivity index (χ0v) is 18.3. The first-order valence-electron chi connectivity index (χ1n) is 10.4. The lowest BCUT2D eigenvalue weighted by Gasteiger charge is -2.22. The standard InChI is InChI=1S/C21H22FN3O.C3H7NO/c1-25-18(12-20(24-25)14-4-2-5-14)11-15-6-3-9-23-21(15)19-8-7-17(22)10-16(19)13-26;1-4(2)3-5/h3,6-10,12,14,26H,2,4-5,11,13H2,1H3;3H,1-2H3. The first-order valence-corrected chi connectivity index (χ1v) is 10.4. The third-order valence-electron chi connectivity index (χ3n) is 5.49. The fourth-order valence-corrected chi connectivity index (χ4v) is 3.54. The average Bonchev–Trinajstić information content (AvgIpc) is 3.07. The quantitative estimate of drug-likeness (QED) is 0.613. The molecular formula is C24H29FN4O2. The molecule has 0 aliphatic heterocycles. The van der Waals surface area contributed by atoms with Crippen LogP contribution in [-0.4, -0.2) is 45.3 Å². The van der Waals surface area contributed by atoms with Crippen LogP contribution in [0.4, 0.5) is 4.39 Å². The van der Waals surface area contributed by atoms with E-state index in [0.717, 1.165) is 28.9 Å². The molecule has 3 aromatic rings. The Bertz CT molecular complexity index is 1030. The molecule has 1 saturated carbocycles. The van der Waals surface area contributed by atoms with Crippen molar-refractivity contribution in [3.05, 3.63) is 70.9 Å². The average molecular weight is 425 g/mol. The Morgan fingerprint density at radius 3 is 2.58 bits per heavy atom. The Morgan fingerprint density at radius 2 is 1.97 bits per heavy atom. The topological polar surface area (TPSA) is 71.2 Å². The number of benzene rings is 1. The second-order valence-electron chi connectivity index (χ2n) is 8.03. The van der Waals surface area contributed by atoms with Crippen molar-refractivity contribution in [2.24, 2.45) is 7.05 Å². The molecular weight excluding hydrogens is 395 g/mol. The van der Waals surface area contributed by atoms with E-state index >= 15 is 0 Å². The Hall–Kier alpha value is -3.06. The van der Waals surface area contributed by atoms with Gasteiger partial charge >= 0.3 is 0 Å². The van der Waals surface area contributed by atoms with Gasteiger partial charge in [0.1, 0.15) is 5.82 Å². The van der Waals surface area contributed by atoms with Crippen molar-refractivity contribution in [3.63, 3.8) is 0 Å². The minimum absolute atomic E-state index is 0.222. The van der Waals surface area contributed by atoms with Crippen LogP contribution in [0.3, 0.4) is 0 Å². The van der Waals surface area contributed by atoms with Gasteiger partial charge in [-0.2, -0.15) is 5.10 Å². The highest BCUT2D eigenvalue weighted by Gasteiger charge is 2.23. The van der Waals surface area contributed by atoms with Crippen LogP contribution in [0, 0.1) is 5.82 Å². The van der Waals surface area contributed by atoms with Crippen LogP contribution in [0.25, 0.3) is 11.3 Å².